The Kier molecular flexibility index (Phi) is 3.98. The Morgan fingerprint density at radius 2 is 1.67 bits per heavy atom. The topological polar surface area (TPSA) is 20.2 Å². The largest absolute Gasteiger partial charge is 0.384 e. The van der Waals surface area contributed by atoms with Gasteiger partial charge in [0, 0.05) is 10.0 Å². The second-order valence-corrected chi connectivity index (χ2v) is 5.97. The molecule has 1 atom stereocenters. The molecule has 1 N–H and O–H groups in total. The molecule has 0 aliphatic rings. The quantitative estimate of drug-likeness (QED) is 0.597. The van der Waals surface area contributed by atoms with E-state index < -0.39 is 11.9 Å². The van der Waals surface area contributed by atoms with Crippen LogP contribution in [0.3, 0.4) is 0 Å². The lowest BCUT2D eigenvalue weighted by Gasteiger charge is -2.16. The van der Waals surface area contributed by atoms with Crippen LogP contribution in [-0.2, 0) is 0 Å². The Labute approximate surface area is 135 Å². The lowest BCUT2D eigenvalue weighted by molar-refractivity contribution is 0.216. The van der Waals surface area contributed by atoms with Crippen molar-refractivity contribution in [2.45, 2.75) is 6.10 Å². The van der Waals surface area contributed by atoms with E-state index in [1.807, 2.05) is 36.4 Å². The number of halogens is 3. The fourth-order valence-electron chi connectivity index (χ4n) is 2.41. The first-order valence-corrected chi connectivity index (χ1v) is 7.56. The van der Waals surface area contributed by atoms with Gasteiger partial charge in [-0.25, -0.2) is 4.39 Å². The Morgan fingerprint density at radius 1 is 0.952 bits per heavy atom. The molecule has 0 radical (unpaired) electrons. The van der Waals surface area contributed by atoms with Crippen molar-refractivity contribution in [1.29, 1.82) is 0 Å². The molecule has 0 bridgehead atoms. The van der Waals surface area contributed by atoms with E-state index in [9.17, 15) is 9.50 Å². The molecule has 0 saturated carbocycles. The summed E-state index contributed by atoms with van der Waals surface area (Å²) in [5.41, 5.74) is 0.824. The van der Waals surface area contributed by atoms with Gasteiger partial charge in [-0.15, -0.1) is 0 Å². The number of hydrogen-bond donors (Lipinski definition) is 1. The van der Waals surface area contributed by atoms with Crippen LogP contribution >= 0.6 is 27.5 Å². The van der Waals surface area contributed by atoms with E-state index >= 15 is 0 Å². The van der Waals surface area contributed by atoms with Gasteiger partial charge in [-0.3, -0.25) is 0 Å². The SMILES string of the molecule is OC(c1ccc(Br)c(Cl)c1F)c1cccc2ccccc12. The van der Waals surface area contributed by atoms with Crippen LogP contribution in [0.5, 0.6) is 0 Å². The van der Waals surface area contributed by atoms with Crippen molar-refractivity contribution in [3.05, 3.63) is 81.0 Å². The molecule has 106 valence electrons. The summed E-state index contributed by atoms with van der Waals surface area (Å²) in [5.74, 6) is -0.605. The second kappa shape index (κ2) is 5.76. The lowest BCUT2D eigenvalue weighted by atomic mass is 9.95. The molecule has 3 rings (SSSR count). The molecule has 0 aliphatic carbocycles. The third-order valence-electron chi connectivity index (χ3n) is 3.48. The number of benzene rings is 3. The van der Waals surface area contributed by atoms with E-state index in [0.29, 0.717) is 10.0 Å². The Hall–Kier alpha value is -1.42. The van der Waals surface area contributed by atoms with Gasteiger partial charge in [0.2, 0.25) is 0 Å². The van der Waals surface area contributed by atoms with Crippen molar-refractivity contribution in [2.24, 2.45) is 0 Å². The molecular weight excluding hydrogens is 355 g/mol. The summed E-state index contributed by atoms with van der Waals surface area (Å²) >= 11 is 9.07. The summed E-state index contributed by atoms with van der Waals surface area (Å²) in [6.45, 7) is 0. The van der Waals surface area contributed by atoms with Crippen molar-refractivity contribution in [1.82, 2.24) is 0 Å². The van der Waals surface area contributed by atoms with E-state index in [0.717, 1.165) is 10.8 Å². The monoisotopic (exact) mass is 364 g/mol. The number of aliphatic hydroxyl groups excluding tert-OH is 1. The molecule has 0 heterocycles. The highest BCUT2D eigenvalue weighted by molar-refractivity contribution is 9.10. The lowest BCUT2D eigenvalue weighted by Crippen LogP contribution is -2.04. The fraction of sp³-hybridized carbons (Fsp3) is 0.0588. The minimum atomic E-state index is -1.07. The summed E-state index contributed by atoms with van der Waals surface area (Å²) in [6, 6.07) is 16.5. The minimum Gasteiger partial charge on any atom is -0.384 e. The normalized spacial score (nSPS) is 12.6. The molecule has 1 nitrogen and oxygen atoms in total. The van der Waals surface area contributed by atoms with E-state index in [4.69, 9.17) is 11.6 Å². The van der Waals surface area contributed by atoms with Crippen LogP contribution in [0.25, 0.3) is 10.8 Å². The predicted octanol–water partition coefficient (Wildman–Crippen LogP) is 5.48. The molecule has 21 heavy (non-hydrogen) atoms. The number of rotatable bonds is 2. The van der Waals surface area contributed by atoms with Crippen molar-refractivity contribution >= 4 is 38.3 Å². The van der Waals surface area contributed by atoms with E-state index in [1.165, 1.54) is 6.07 Å². The number of fused-ring (bicyclic) bond motifs is 1. The Morgan fingerprint density at radius 3 is 2.48 bits per heavy atom. The van der Waals surface area contributed by atoms with Crippen LogP contribution < -0.4 is 0 Å². The molecule has 3 aromatic rings. The van der Waals surface area contributed by atoms with Gasteiger partial charge in [-0.1, -0.05) is 60.1 Å². The van der Waals surface area contributed by atoms with Crippen molar-refractivity contribution in [3.8, 4) is 0 Å². The van der Waals surface area contributed by atoms with Crippen LogP contribution in [0, 0.1) is 5.82 Å². The zero-order chi connectivity index (χ0) is 15.0. The average molecular weight is 366 g/mol. The third kappa shape index (κ3) is 2.57. The second-order valence-electron chi connectivity index (χ2n) is 4.74. The third-order valence-corrected chi connectivity index (χ3v) is 4.74. The smallest absolute Gasteiger partial charge is 0.149 e. The van der Waals surface area contributed by atoms with Crippen molar-refractivity contribution in [3.63, 3.8) is 0 Å². The van der Waals surface area contributed by atoms with E-state index in [2.05, 4.69) is 15.9 Å². The van der Waals surface area contributed by atoms with Gasteiger partial charge in [0.15, 0.2) is 0 Å². The molecular formula is C17H11BrClFO. The molecule has 0 saturated heterocycles. The first-order valence-electron chi connectivity index (χ1n) is 6.38. The standard InChI is InChI=1S/C17H11BrClFO/c18-14-9-8-13(16(20)15(14)19)17(21)12-7-3-5-10-4-1-2-6-11(10)12/h1-9,17,21H. The van der Waals surface area contributed by atoms with Crippen LogP contribution in [0.4, 0.5) is 4.39 Å². The summed E-state index contributed by atoms with van der Waals surface area (Å²) in [4.78, 5) is 0. The van der Waals surface area contributed by atoms with Gasteiger partial charge >= 0.3 is 0 Å². The minimum absolute atomic E-state index is 0.0215. The maximum absolute atomic E-state index is 14.3. The van der Waals surface area contributed by atoms with Crippen LogP contribution in [0.1, 0.15) is 17.2 Å². The Balaban J connectivity index is 2.17. The highest BCUT2D eigenvalue weighted by Crippen LogP contribution is 2.35. The summed E-state index contributed by atoms with van der Waals surface area (Å²) in [7, 11) is 0. The summed E-state index contributed by atoms with van der Waals surface area (Å²) in [5, 5.41) is 12.4. The maximum atomic E-state index is 14.3. The molecule has 4 heteroatoms. The van der Waals surface area contributed by atoms with E-state index in [-0.39, 0.29) is 10.6 Å². The number of aliphatic hydroxyl groups is 1. The highest BCUT2D eigenvalue weighted by atomic mass is 79.9. The summed E-state index contributed by atoms with van der Waals surface area (Å²) in [6.07, 6.45) is -1.07. The highest BCUT2D eigenvalue weighted by Gasteiger charge is 2.20. The van der Waals surface area contributed by atoms with Crippen LogP contribution in [-0.4, -0.2) is 5.11 Å². The first kappa shape index (κ1) is 14.5. The fourth-order valence-corrected chi connectivity index (χ4v) is 2.89. The zero-order valence-corrected chi connectivity index (χ0v) is 13.2. The molecule has 3 aromatic carbocycles. The van der Waals surface area contributed by atoms with Gasteiger partial charge in [-0.05, 0) is 38.3 Å². The van der Waals surface area contributed by atoms with Crippen LogP contribution in [0.15, 0.2) is 59.1 Å². The summed E-state index contributed by atoms with van der Waals surface area (Å²) < 4.78 is 14.7. The van der Waals surface area contributed by atoms with Gasteiger partial charge < -0.3 is 5.11 Å². The molecule has 0 aromatic heterocycles. The van der Waals surface area contributed by atoms with Gasteiger partial charge in [0.25, 0.3) is 0 Å². The molecule has 0 fully saturated rings. The van der Waals surface area contributed by atoms with Gasteiger partial charge in [0.05, 0.1) is 5.02 Å². The predicted molar refractivity (Wildman–Crippen MR) is 87.1 cm³/mol. The Bertz CT molecular complexity index is 814. The van der Waals surface area contributed by atoms with Crippen molar-refractivity contribution in [2.75, 3.05) is 0 Å². The number of hydrogen-bond acceptors (Lipinski definition) is 1. The molecule has 0 amide bonds. The van der Waals surface area contributed by atoms with E-state index in [1.54, 1.807) is 12.1 Å². The maximum Gasteiger partial charge on any atom is 0.149 e. The average Bonchev–Trinajstić information content (AvgIpc) is 2.51. The molecule has 0 spiro atoms. The molecule has 0 aliphatic heterocycles. The zero-order valence-electron chi connectivity index (χ0n) is 10.9. The van der Waals surface area contributed by atoms with Crippen molar-refractivity contribution < 1.29 is 9.50 Å². The van der Waals surface area contributed by atoms with Crippen LogP contribution in [0.2, 0.25) is 5.02 Å². The molecule has 1 unspecified atom stereocenters. The van der Waals surface area contributed by atoms with Gasteiger partial charge in [0.1, 0.15) is 11.9 Å². The van der Waals surface area contributed by atoms with Gasteiger partial charge in [-0.2, -0.15) is 0 Å². The first-order chi connectivity index (χ1) is 10.1.